The summed E-state index contributed by atoms with van der Waals surface area (Å²) >= 11 is 0. The zero-order chi connectivity index (χ0) is 12.1. The molecule has 1 aromatic rings. The molecule has 1 amide bonds. The lowest BCUT2D eigenvalue weighted by molar-refractivity contribution is -0.121. The standard InChI is InChI=1S/C12H19N3O/c1-15(2)11-5-3-9(4-6-11)7-10(8-13)12(14)16/h3-6,10H,7-8,13H2,1-2H3,(H2,14,16). The molecule has 0 saturated heterocycles. The molecule has 16 heavy (non-hydrogen) atoms. The average molecular weight is 221 g/mol. The second kappa shape index (κ2) is 5.51. The highest BCUT2D eigenvalue weighted by Crippen LogP contribution is 2.14. The van der Waals surface area contributed by atoms with Gasteiger partial charge in [0.2, 0.25) is 5.91 Å². The number of carbonyl (C=O) groups excluding carboxylic acids is 1. The van der Waals surface area contributed by atoms with Crippen molar-refractivity contribution in [3.05, 3.63) is 29.8 Å². The Morgan fingerprint density at radius 1 is 1.31 bits per heavy atom. The molecule has 0 aliphatic rings. The minimum Gasteiger partial charge on any atom is -0.378 e. The highest BCUT2D eigenvalue weighted by atomic mass is 16.1. The summed E-state index contributed by atoms with van der Waals surface area (Å²) in [5.41, 5.74) is 13.0. The van der Waals surface area contributed by atoms with Gasteiger partial charge in [0.15, 0.2) is 0 Å². The van der Waals surface area contributed by atoms with E-state index >= 15 is 0 Å². The van der Waals surface area contributed by atoms with E-state index in [4.69, 9.17) is 11.5 Å². The lowest BCUT2D eigenvalue weighted by Crippen LogP contribution is -2.31. The normalized spacial score (nSPS) is 12.2. The van der Waals surface area contributed by atoms with Crippen LogP contribution in [0.25, 0.3) is 0 Å². The van der Waals surface area contributed by atoms with Crippen molar-refractivity contribution in [3.63, 3.8) is 0 Å². The number of nitrogens with zero attached hydrogens (tertiary/aromatic N) is 1. The van der Waals surface area contributed by atoms with Crippen molar-refractivity contribution < 1.29 is 4.79 Å². The van der Waals surface area contributed by atoms with Crippen LogP contribution < -0.4 is 16.4 Å². The van der Waals surface area contributed by atoms with Crippen LogP contribution in [0.15, 0.2) is 24.3 Å². The van der Waals surface area contributed by atoms with Crippen molar-refractivity contribution in [2.75, 3.05) is 25.5 Å². The highest BCUT2D eigenvalue weighted by molar-refractivity contribution is 5.77. The molecule has 88 valence electrons. The van der Waals surface area contributed by atoms with Crippen molar-refractivity contribution in [2.45, 2.75) is 6.42 Å². The maximum atomic E-state index is 11.0. The van der Waals surface area contributed by atoms with Gasteiger partial charge in [-0.05, 0) is 24.1 Å². The highest BCUT2D eigenvalue weighted by Gasteiger charge is 2.13. The molecule has 0 saturated carbocycles. The first-order chi connectivity index (χ1) is 7.54. The third-order valence-corrected chi connectivity index (χ3v) is 2.62. The fraction of sp³-hybridized carbons (Fsp3) is 0.417. The summed E-state index contributed by atoms with van der Waals surface area (Å²) in [6.07, 6.45) is 0.611. The van der Waals surface area contributed by atoms with Crippen molar-refractivity contribution in [2.24, 2.45) is 17.4 Å². The Kier molecular flexibility index (Phi) is 4.31. The lowest BCUT2D eigenvalue weighted by atomic mass is 9.99. The molecule has 1 unspecified atom stereocenters. The van der Waals surface area contributed by atoms with Crippen LogP contribution in [-0.4, -0.2) is 26.5 Å². The summed E-state index contributed by atoms with van der Waals surface area (Å²) in [5.74, 6) is -0.607. The lowest BCUT2D eigenvalue weighted by Gasteiger charge is -2.14. The van der Waals surface area contributed by atoms with Gasteiger partial charge in [-0.2, -0.15) is 0 Å². The maximum absolute atomic E-state index is 11.0. The predicted molar refractivity (Wildman–Crippen MR) is 66.2 cm³/mol. The van der Waals surface area contributed by atoms with Crippen LogP contribution in [0.1, 0.15) is 5.56 Å². The zero-order valence-electron chi connectivity index (χ0n) is 9.81. The number of amides is 1. The number of anilines is 1. The number of hydrogen-bond acceptors (Lipinski definition) is 3. The molecule has 4 heteroatoms. The molecular weight excluding hydrogens is 202 g/mol. The molecule has 0 radical (unpaired) electrons. The second-order valence-electron chi connectivity index (χ2n) is 4.10. The van der Waals surface area contributed by atoms with Crippen molar-refractivity contribution in [1.29, 1.82) is 0 Å². The minimum atomic E-state index is -0.334. The molecule has 0 aromatic heterocycles. The number of nitrogens with two attached hydrogens (primary N) is 2. The summed E-state index contributed by atoms with van der Waals surface area (Å²) < 4.78 is 0. The van der Waals surface area contributed by atoms with E-state index in [0.717, 1.165) is 11.3 Å². The van der Waals surface area contributed by atoms with Gasteiger partial charge in [0.1, 0.15) is 0 Å². The largest absolute Gasteiger partial charge is 0.378 e. The Morgan fingerprint density at radius 2 is 1.88 bits per heavy atom. The molecule has 0 fully saturated rings. The van der Waals surface area contributed by atoms with Crippen molar-refractivity contribution in [1.82, 2.24) is 0 Å². The summed E-state index contributed by atoms with van der Waals surface area (Å²) in [5, 5.41) is 0. The van der Waals surface area contributed by atoms with Gasteiger partial charge in [0.25, 0.3) is 0 Å². The van der Waals surface area contributed by atoms with Gasteiger partial charge in [-0.1, -0.05) is 12.1 Å². The van der Waals surface area contributed by atoms with E-state index in [1.807, 2.05) is 43.3 Å². The van der Waals surface area contributed by atoms with Crippen molar-refractivity contribution in [3.8, 4) is 0 Å². The molecule has 0 heterocycles. The second-order valence-corrected chi connectivity index (χ2v) is 4.10. The Labute approximate surface area is 96.2 Å². The van der Waals surface area contributed by atoms with E-state index in [-0.39, 0.29) is 11.8 Å². The minimum absolute atomic E-state index is 0.273. The molecule has 0 spiro atoms. The van der Waals surface area contributed by atoms with E-state index in [1.165, 1.54) is 0 Å². The number of carbonyl (C=O) groups is 1. The van der Waals surface area contributed by atoms with Gasteiger partial charge < -0.3 is 16.4 Å². The quantitative estimate of drug-likeness (QED) is 0.754. The monoisotopic (exact) mass is 221 g/mol. The third-order valence-electron chi connectivity index (χ3n) is 2.62. The van der Waals surface area contributed by atoms with Gasteiger partial charge in [-0.15, -0.1) is 0 Å². The molecule has 4 N–H and O–H groups in total. The summed E-state index contributed by atoms with van der Waals surface area (Å²) in [6, 6.07) is 8.04. The Morgan fingerprint density at radius 3 is 2.25 bits per heavy atom. The molecule has 0 bridgehead atoms. The molecule has 0 aliphatic heterocycles. The summed E-state index contributed by atoms with van der Waals surface area (Å²) in [4.78, 5) is 13.1. The molecule has 0 aliphatic carbocycles. The van der Waals surface area contributed by atoms with E-state index < -0.39 is 0 Å². The Hall–Kier alpha value is -1.55. The fourth-order valence-corrected chi connectivity index (χ4v) is 1.51. The van der Waals surface area contributed by atoms with Crippen LogP contribution in [0.4, 0.5) is 5.69 Å². The molecule has 1 aromatic carbocycles. The van der Waals surface area contributed by atoms with E-state index in [1.54, 1.807) is 0 Å². The number of hydrogen-bond donors (Lipinski definition) is 2. The average Bonchev–Trinajstić information content (AvgIpc) is 2.26. The van der Waals surface area contributed by atoms with E-state index in [2.05, 4.69) is 0 Å². The van der Waals surface area contributed by atoms with Crippen LogP contribution in [0.3, 0.4) is 0 Å². The third kappa shape index (κ3) is 3.24. The van der Waals surface area contributed by atoms with Gasteiger partial charge in [-0.25, -0.2) is 0 Å². The molecule has 1 rings (SSSR count). The van der Waals surface area contributed by atoms with Crippen LogP contribution >= 0.6 is 0 Å². The Bertz CT molecular complexity index is 346. The van der Waals surface area contributed by atoms with Crippen molar-refractivity contribution >= 4 is 11.6 Å². The van der Waals surface area contributed by atoms with Gasteiger partial charge in [-0.3, -0.25) is 4.79 Å². The smallest absolute Gasteiger partial charge is 0.222 e. The topological polar surface area (TPSA) is 72.3 Å². The predicted octanol–water partition coefficient (Wildman–Crippen LogP) is 0.355. The van der Waals surface area contributed by atoms with Crippen LogP contribution in [0.5, 0.6) is 0 Å². The van der Waals surface area contributed by atoms with E-state index in [0.29, 0.717) is 13.0 Å². The first kappa shape index (κ1) is 12.5. The van der Waals surface area contributed by atoms with E-state index in [9.17, 15) is 4.79 Å². The molecular formula is C12H19N3O. The van der Waals surface area contributed by atoms with Gasteiger partial charge in [0, 0.05) is 26.3 Å². The van der Waals surface area contributed by atoms with Crippen LogP contribution in [0.2, 0.25) is 0 Å². The van der Waals surface area contributed by atoms with Crippen LogP contribution in [0, 0.1) is 5.92 Å². The SMILES string of the molecule is CN(C)c1ccc(CC(CN)C(N)=O)cc1. The fourth-order valence-electron chi connectivity index (χ4n) is 1.51. The molecule has 4 nitrogen and oxygen atoms in total. The maximum Gasteiger partial charge on any atom is 0.222 e. The van der Waals surface area contributed by atoms with Crippen LogP contribution in [-0.2, 0) is 11.2 Å². The van der Waals surface area contributed by atoms with Gasteiger partial charge in [0.05, 0.1) is 5.92 Å². The first-order valence-electron chi connectivity index (χ1n) is 5.30. The summed E-state index contributed by atoms with van der Waals surface area (Å²) in [7, 11) is 3.97. The number of benzene rings is 1. The zero-order valence-corrected chi connectivity index (χ0v) is 9.81. The Balaban J connectivity index is 2.71. The van der Waals surface area contributed by atoms with Gasteiger partial charge >= 0.3 is 0 Å². The first-order valence-corrected chi connectivity index (χ1v) is 5.30. The summed E-state index contributed by atoms with van der Waals surface area (Å²) in [6.45, 7) is 0.296. The number of rotatable bonds is 5. The molecule has 1 atom stereocenters. The number of primary amides is 1.